The summed E-state index contributed by atoms with van der Waals surface area (Å²) < 4.78 is 36.2. The lowest BCUT2D eigenvalue weighted by molar-refractivity contribution is -0.386. The van der Waals surface area contributed by atoms with E-state index in [1.807, 2.05) is 0 Å². The average Bonchev–Trinajstić information content (AvgIpc) is 2.06. The van der Waals surface area contributed by atoms with Crippen molar-refractivity contribution in [2.45, 2.75) is 6.18 Å². The van der Waals surface area contributed by atoms with E-state index < -0.39 is 28.1 Å². The summed E-state index contributed by atoms with van der Waals surface area (Å²) in [5.41, 5.74) is -2.10. The van der Waals surface area contributed by atoms with Gasteiger partial charge in [-0.2, -0.15) is 13.2 Å². The molecule has 0 atom stereocenters. The molecule has 1 aromatic carbocycles. The minimum atomic E-state index is -4.73. The van der Waals surface area contributed by atoms with Crippen LogP contribution in [0.15, 0.2) is 16.6 Å². The highest BCUT2D eigenvalue weighted by Crippen LogP contribution is 2.40. The molecule has 82 valence electrons. The summed E-state index contributed by atoms with van der Waals surface area (Å²) in [5.74, 6) is -0.823. The molecule has 0 fully saturated rings. The first kappa shape index (κ1) is 11.8. The predicted octanol–water partition coefficient (Wildman–Crippen LogP) is 3.08. The second-order valence-corrected chi connectivity index (χ2v) is 3.38. The molecule has 0 aromatic heterocycles. The van der Waals surface area contributed by atoms with Crippen LogP contribution in [-0.4, -0.2) is 10.0 Å². The maximum absolute atomic E-state index is 12.2. The molecule has 4 nitrogen and oxygen atoms in total. The summed E-state index contributed by atoms with van der Waals surface area (Å²) in [6, 6.07) is 0.765. The molecule has 15 heavy (non-hydrogen) atoms. The van der Waals surface area contributed by atoms with E-state index in [0.29, 0.717) is 12.1 Å². The average molecular weight is 286 g/mol. The van der Waals surface area contributed by atoms with Gasteiger partial charge in [0.1, 0.15) is 10.2 Å². The Morgan fingerprint density at radius 1 is 1.40 bits per heavy atom. The van der Waals surface area contributed by atoms with E-state index in [0.717, 1.165) is 0 Å². The third-order valence-corrected chi connectivity index (χ3v) is 2.37. The Bertz CT molecular complexity index is 419. The quantitative estimate of drug-likeness (QED) is 0.637. The molecule has 0 spiro atoms. The van der Waals surface area contributed by atoms with Gasteiger partial charge < -0.3 is 5.11 Å². The van der Waals surface area contributed by atoms with Crippen LogP contribution < -0.4 is 0 Å². The number of hydrogen-bond donors (Lipinski definition) is 1. The van der Waals surface area contributed by atoms with Crippen LogP contribution in [0.2, 0.25) is 0 Å². The van der Waals surface area contributed by atoms with Crippen LogP contribution in [0.1, 0.15) is 5.56 Å². The highest BCUT2D eigenvalue weighted by Gasteiger charge is 2.34. The van der Waals surface area contributed by atoms with E-state index in [1.54, 1.807) is 0 Å². The first-order valence-electron chi connectivity index (χ1n) is 3.47. The Hall–Kier alpha value is -1.31. The lowest BCUT2D eigenvalue weighted by atomic mass is 10.2. The minimum Gasteiger partial charge on any atom is -0.506 e. The Kier molecular flexibility index (Phi) is 2.89. The van der Waals surface area contributed by atoms with Gasteiger partial charge in [0, 0.05) is 6.07 Å². The molecule has 0 saturated heterocycles. The maximum Gasteiger partial charge on any atom is 0.416 e. The standard InChI is InChI=1S/C7H3BrF3NO3/c8-6-4(12(14)15)1-3(2-5(6)13)7(9,10)11/h1-2,13H. The van der Waals surface area contributed by atoms with Crippen LogP contribution in [-0.2, 0) is 6.18 Å². The van der Waals surface area contributed by atoms with Gasteiger partial charge in [0.2, 0.25) is 0 Å². The number of nitro benzene ring substituents is 1. The molecular weight excluding hydrogens is 283 g/mol. The van der Waals surface area contributed by atoms with Crippen molar-refractivity contribution in [1.82, 2.24) is 0 Å². The van der Waals surface area contributed by atoms with Crippen LogP contribution in [0.3, 0.4) is 0 Å². The summed E-state index contributed by atoms with van der Waals surface area (Å²) in [6.07, 6.45) is -4.73. The van der Waals surface area contributed by atoms with Gasteiger partial charge in [0.05, 0.1) is 10.5 Å². The Labute approximate surface area is 89.6 Å². The van der Waals surface area contributed by atoms with E-state index in [-0.39, 0.29) is 4.47 Å². The molecule has 0 radical (unpaired) electrons. The molecule has 0 heterocycles. The number of hydrogen-bond acceptors (Lipinski definition) is 3. The zero-order valence-corrected chi connectivity index (χ0v) is 8.46. The van der Waals surface area contributed by atoms with Crippen molar-refractivity contribution in [2.24, 2.45) is 0 Å². The van der Waals surface area contributed by atoms with Gasteiger partial charge in [-0.15, -0.1) is 0 Å². The van der Waals surface area contributed by atoms with Crippen molar-refractivity contribution in [3.8, 4) is 5.75 Å². The number of phenolic OH excluding ortho intramolecular Hbond substituents is 1. The maximum atomic E-state index is 12.2. The highest BCUT2D eigenvalue weighted by molar-refractivity contribution is 9.10. The lowest BCUT2D eigenvalue weighted by Gasteiger charge is -2.07. The third-order valence-electron chi connectivity index (χ3n) is 1.56. The van der Waals surface area contributed by atoms with Crippen molar-refractivity contribution in [3.05, 3.63) is 32.3 Å². The molecular formula is C7H3BrF3NO3. The molecule has 0 saturated carbocycles. The fourth-order valence-electron chi connectivity index (χ4n) is 0.891. The SMILES string of the molecule is O=[N+]([O-])c1cc(C(F)(F)F)cc(O)c1Br. The number of nitrogens with zero attached hydrogens (tertiary/aromatic N) is 1. The molecule has 0 unspecified atom stereocenters. The molecule has 0 amide bonds. The largest absolute Gasteiger partial charge is 0.506 e. The Balaban J connectivity index is 3.43. The number of phenols is 1. The van der Waals surface area contributed by atoms with Crippen molar-refractivity contribution in [1.29, 1.82) is 0 Å². The van der Waals surface area contributed by atoms with Crippen LogP contribution in [0.5, 0.6) is 5.75 Å². The monoisotopic (exact) mass is 285 g/mol. The van der Waals surface area contributed by atoms with Gasteiger partial charge in [-0.3, -0.25) is 10.1 Å². The zero-order chi connectivity index (χ0) is 11.8. The van der Waals surface area contributed by atoms with Gasteiger partial charge in [0.25, 0.3) is 5.69 Å². The number of alkyl halides is 3. The molecule has 1 aromatic rings. The normalized spacial score (nSPS) is 11.5. The minimum absolute atomic E-state index is 0.351. The van der Waals surface area contributed by atoms with Crippen LogP contribution in [0.4, 0.5) is 18.9 Å². The van der Waals surface area contributed by atoms with E-state index in [9.17, 15) is 23.3 Å². The Morgan fingerprint density at radius 3 is 2.33 bits per heavy atom. The van der Waals surface area contributed by atoms with Crippen molar-refractivity contribution in [3.63, 3.8) is 0 Å². The first-order valence-corrected chi connectivity index (χ1v) is 4.27. The van der Waals surface area contributed by atoms with Gasteiger partial charge in [-0.05, 0) is 22.0 Å². The summed E-state index contributed by atoms with van der Waals surface area (Å²) in [4.78, 5) is 9.34. The van der Waals surface area contributed by atoms with Crippen molar-refractivity contribution >= 4 is 21.6 Å². The molecule has 0 aliphatic heterocycles. The van der Waals surface area contributed by atoms with Gasteiger partial charge in [-0.25, -0.2) is 0 Å². The second kappa shape index (κ2) is 3.69. The molecule has 0 aliphatic carbocycles. The van der Waals surface area contributed by atoms with Crippen LogP contribution in [0, 0.1) is 10.1 Å². The summed E-state index contributed by atoms with van der Waals surface area (Å²) >= 11 is 2.62. The topological polar surface area (TPSA) is 63.4 Å². The fourth-order valence-corrected chi connectivity index (χ4v) is 1.26. The van der Waals surface area contributed by atoms with Crippen LogP contribution in [0.25, 0.3) is 0 Å². The molecule has 1 N–H and O–H groups in total. The van der Waals surface area contributed by atoms with E-state index in [1.165, 1.54) is 0 Å². The van der Waals surface area contributed by atoms with E-state index >= 15 is 0 Å². The van der Waals surface area contributed by atoms with Gasteiger partial charge >= 0.3 is 6.18 Å². The van der Waals surface area contributed by atoms with Gasteiger partial charge in [-0.1, -0.05) is 0 Å². The highest BCUT2D eigenvalue weighted by atomic mass is 79.9. The molecule has 8 heteroatoms. The summed E-state index contributed by atoms with van der Waals surface area (Å²) in [5, 5.41) is 19.4. The number of aromatic hydroxyl groups is 1. The third kappa shape index (κ3) is 2.38. The first-order chi connectivity index (χ1) is 6.73. The lowest BCUT2D eigenvalue weighted by Crippen LogP contribution is -2.05. The summed E-state index contributed by atoms with van der Waals surface area (Å²) in [7, 11) is 0. The van der Waals surface area contributed by atoms with Crippen molar-refractivity contribution < 1.29 is 23.2 Å². The molecule has 0 aliphatic rings. The fraction of sp³-hybridized carbons (Fsp3) is 0.143. The molecule has 0 bridgehead atoms. The smallest absolute Gasteiger partial charge is 0.416 e. The van der Waals surface area contributed by atoms with Crippen molar-refractivity contribution in [2.75, 3.05) is 0 Å². The van der Waals surface area contributed by atoms with E-state index in [4.69, 9.17) is 5.11 Å². The number of benzene rings is 1. The second-order valence-electron chi connectivity index (χ2n) is 2.58. The van der Waals surface area contributed by atoms with E-state index in [2.05, 4.69) is 15.9 Å². The number of halogens is 4. The van der Waals surface area contributed by atoms with Crippen LogP contribution >= 0.6 is 15.9 Å². The number of rotatable bonds is 1. The Morgan fingerprint density at radius 2 is 1.93 bits per heavy atom. The summed E-state index contributed by atoms with van der Waals surface area (Å²) in [6.45, 7) is 0. The molecule has 1 rings (SSSR count). The number of nitro groups is 1. The zero-order valence-electron chi connectivity index (χ0n) is 6.88. The predicted molar refractivity (Wildman–Crippen MR) is 47.5 cm³/mol. The van der Waals surface area contributed by atoms with Gasteiger partial charge in [0.15, 0.2) is 0 Å².